The van der Waals surface area contributed by atoms with Gasteiger partial charge < -0.3 is 10.1 Å². The summed E-state index contributed by atoms with van der Waals surface area (Å²) < 4.78 is 5.29. The molecule has 1 aromatic rings. The Morgan fingerprint density at radius 3 is 2.94 bits per heavy atom. The first-order valence-electron chi connectivity index (χ1n) is 5.58. The zero-order valence-electron chi connectivity index (χ0n) is 9.97. The lowest BCUT2D eigenvalue weighted by Crippen LogP contribution is -2.35. The molecule has 1 unspecified atom stereocenters. The SMILES string of the molecule is CC1(Nc2cc(C#N)ccc2[N+](=O)[O-])CCOC1. The number of nitrogens with zero attached hydrogens (tertiary/aromatic N) is 2. The maximum absolute atomic E-state index is 11.0. The molecule has 1 aliphatic rings. The van der Waals surface area contributed by atoms with Crippen molar-refractivity contribution in [3.05, 3.63) is 33.9 Å². The van der Waals surface area contributed by atoms with E-state index in [4.69, 9.17) is 10.00 Å². The molecule has 1 aliphatic heterocycles. The maximum atomic E-state index is 11.0. The summed E-state index contributed by atoms with van der Waals surface area (Å²) in [5.74, 6) is 0. The highest BCUT2D eigenvalue weighted by atomic mass is 16.6. The molecule has 0 saturated carbocycles. The van der Waals surface area contributed by atoms with Gasteiger partial charge in [0.25, 0.3) is 5.69 Å². The second-order valence-electron chi connectivity index (χ2n) is 4.59. The van der Waals surface area contributed by atoms with Crippen molar-refractivity contribution >= 4 is 11.4 Å². The fraction of sp³-hybridized carbons (Fsp3) is 0.417. The number of rotatable bonds is 3. The van der Waals surface area contributed by atoms with Crippen LogP contribution in [0.25, 0.3) is 0 Å². The van der Waals surface area contributed by atoms with E-state index < -0.39 is 4.92 Å². The van der Waals surface area contributed by atoms with Gasteiger partial charge in [-0.05, 0) is 25.5 Å². The van der Waals surface area contributed by atoms with Gasteiger partial charge in [-0.25, -0.2) is 0 Å². The van der Waals surface area contributed by atoms with Crippen molar-refractivity contribution in [3.8, 4) is 6.07 Å². The van der Waals surface area contributed by atoms with Crippen molar-refractivity contribution in [3.63, 3.8) is 0 Å². The van der Waals surface area contributed by atoms with Gasteiger partial charge in [0.1, 0.15) is 5.69 Å². The van der Waals surface area contributed by atoms with Crippen molar-refractivity contribution in [2.75, 3.05) is 18.5 Å². The number of nitriles is 1. The molecule has 0 spiro atoms. The van der Waals surface area contributed by atoms with Gasteiger partial charge in [0.05, 0.1) is 28.7 Å². The van der Waals surface area contributed by atoms with E-state index >= 15 is 0 Å². The summed E-state index contributed by atoms with van der Waals surface area (Å²) in [5.41, 5.74) is 0.415. The van der Waals surface area contributed by atoms with Crippen LogP contribution in [0.4, 0.5) is 11.4 Å². The fourth-order valence-electron chi connectivity index (χ4n) is 1.96. The third-order valence-corrected chi connectivity index (χ3v) is 2.98. The van der Waals surface area contributed by atoms with Crippen molar-refractivity contribution in [1.82, 2.24) is 0 Å². The monoisotopic (exact) mass is 247 g/mol. The highest BCUT2D eigenvalue weighted by Gasteiger charge is 2.31. The van der Waals surface area contributed by atoms with E-state index in [0.717, 1.165) is 6.42 Å². The number of nitro groups is 1. The van der Waals surface area contributed by atoms with Crippen LogP contribution in [0, 0.1) is 21.4 Å². The second kappa shape index (κ2) is 4.63. The van der Waals surface area contributed by atoms with Crippen LogP contribution in [-0.4, -0.2) is 23.7 Å². The van der Waals surface area contributed by atoms with Crippen molar-refractivity contribution in [1.29, 1.82) is 5.26 Å². The smallest absolute Gasteiger partial charge is 0.292 e. The molecule has 0 amide bonds. The van der Waals surface area contributed by atoms with Crippen molar-refractivity contribution < 1.29 is 9.66 Å². The summed E-state index contributed by atoms with van der Waals surface area (Å²) >= 11 is 0. The number of ether oxygens (including phenoxy) is 1. The van der Waals surface area contributed by atoms with Crippen LogP contribution in [0.3, 0.4) is 0 Å². The van der Waals surface area contributed by atoms with Gasteiger partial charge in [-0.15, -0.1) is 0 Å². The maximum Gasteiger partial charge on any atom is 0.292 e. The topological polar surface area (TPSA) is 88.2 Å². The Balaban J connectivity index is 2.35. The normalized spacial score (nSPS) is 22.4. The van der Waals surface area contributed by atoms with Gasteiger partial charge in [0.2, 0.25) is 0 Å². The molecule has 1 aromatic carbocycles. The van der Waals surface area contributed by atoms with E-state index in [1.54, 1.807) is 0 Å². The van der Waals surface area contributed by atoms with E-state index in [0.29, 0.717) is 24.5 Å². The fourth-order valence-corrected chi connectivity index (χ4v) is 1.96. The van der Waals surface area contributed by atoms with Gasteiger partial charge >= 0.3 is 0 Å². The van der Waals surface area contributed by atoms with Crippen LogP contribution < -0.4 is 5.32 Å². The Bertz CT molecular complexity index is 516. The first-order chi connectivity index (χ1) is 8.54. The van der Waals surface area contributed by atoms with Crippen LogP contribution in [0.15, 0.2) is 18.2 Å². The van der Waals surface area contributed by atoms with Gasteiger partial charge in [0.15, 0.2) is 0 Å². The quantitative estimate of drug-likeness (QED) is 0.652. The Kier molecular flexibility index (Phi) is 3.17. The molecule has 1 N–H and O–H groups in total. The first kappa shape index (κ1) is 12.3. The zero-order chi connectivity index (χ0) is 13.2. The standard InChI is InChI=1S/C12H13N3O3/c1-12(4-5-18-8-12)14-10-6-9(7-13)2-3-11(10)15(16)17/h2-3,6,14H,4-5,8H2,1H3. The van der Waals surface area contributed by atoms with Gasteiger partial charge in [-0.1, -0.05) is 0 Å². The first-order valence-corrected chi connectivity index (χ1v) is 5.58. The largest absolute Gasteiger partial charge is 0.379 e. The molecule has 1 atom stereocenters. The Labute approximate surface area is 104 Å². The van der Waals surface area contributed by atoms with Crippen molar-refractivity contribution in [2.24, 2.45) is 0 Å². The van der Waals surface area contributed by atoms with E-state index in [1.807, 2.05) is 13.0 Å². The average Bonchev–Trinajstić information content (AvgIpc) is 2.75. The average molecular weight is 247 g/mol. The van der Waals surface area contributed by atoms with E-state index in [-0.39, 0.29) is 11.2 Å². The summed E-state index contributed by atoms with van der Waals surface area (Å²) in [4.78, 5) is 10.5. The van der Waals surface area contributed by atoms with Crippen LogP contribution in [0.2, 0.25) is 0 Å². The molecule has 1 saturated heterocycles. The summed E-state index contributed by atoms with van der Waals surface area (Å²) in [7, 11) is 0. The lowest BCUT2D eigenvalue weighted by Gasteiger charge is -2.24. The lowest BCUT2D eigenvalue weighted by atomic mass is 10.0. The predicted octanol–water partition coefficient (Wildman–Crippen LogP) is 2.06. The van der Waals surface area contributed by atoms with E-state index in [9.17, 15) is 10.1 Å². The van der Waals surface area contributed by atoms with Crippen molar-refractivity contribution in [2.45, 2.75) is 18.9 Å². The summed E-state index contributed by atoms with van der Waals surface area (Å²) in [6.07, 6.45) is 0.779. The third-order valence-electron chi connectivity index (χ3n) is 2.98. The molecule has 94 valence electrons. The number of nitrogens with one attached hydrogen (secondary N) is 1. The molecule has 0 radical (unpaired) electrons. The van der Waals surface area contributed by atoms with E-state index in [2.05, 4.69) is 5.32 Å². The molecule has 1 heterocycles. The minimum Gasteiger partial charge on any atom is -0.379 e. The van der Waals surface area contributed by atoms with Crippen LogP contribution in [0.5, 0.6) is 0 Å². The second-order valence-corrected chi connectivity index (χ2v) is 4.59. The minimum atomic E-state index is -0.456. The number of hydrogen-bond donors (Lipinski definition) is 1. The molecule has 0 aromatic heterocycles. The van der Waals surface area contributed by atoms with Gasteiger partial charge in [-0.2, -0.15) is 5.26 Å². The van der Waals surface area contributed by atoms with Crippen LogP contribution >= 0.6 is 0 Å². The molecule has 0 bridgehead atoms. The Hall–Kier alpha value is -2.13. The highest BCUT2D eigenvalue weighted by molar-refractivity contribution is 5.65. The van der Waals surface area contributed by atoms with Gasteiger partial charge in [-0.3, -0.25) is 10.1 Å². The number of hydrogen-bond acceptors (Lipinski definition) is 5. The zero-order valence-corrected chi connectivity index (χ0v) is 9.97. The predicted molar refractivity (Wildman–Crippen MR) is 65.3 cm³/mol. The Morgan fingerprint density at radius 1 is 1.61 bits per heavy atom. The summed E-state index contributed by atoms with van der Waals surface area (Å²) in [6.45, 7) is 3.08. The molecule has 2 rings (SSSR count). The van der Waals surface area contributed by atoms with Gasteiger partial charge in [0, 0.05) is 12.7 Å². The Morgan fingerprint density at radius 2 is 2.39 bits per heavy atom. The number of anilines is 1. The molecule has 6 nitrogen and oxygen atoms in total. The van der Waals surface area contributed by atoms with Crippen LogP contribution in [0.1, 0.15) is 18.9 Å². The number of benzene rings is 1. The molecule has 18 heavy (non-hydrogen) atoms. The third kappa shape index (κ3) is 2.41. The summed E-state index contributed by atoms with van der Waals surface area (Å²) in [6, 6.07) is 6.27. The lowest BCUT2D eigenvalue weighted by molar-refractivity contribution is -0.384. The summed E-state index contributed by atoms with van der Waals surface area (Å²) in [5, 5.41) is 22.9. The minimum absolute atomic E-state index is 0.0258. The molecular weight excluding hydrogens is 234 g/mol. The molecule has 0 aliphatic carbocycles. The molecular formula is C12H13N3O3. The van der Waals surface area contributed by atoms with E-state index in [1.165, 1.54) is 18.2 Å². The number of nitro benzene ring substituents is 1. The highest BCUT2D eigenvalue weighted by Crippen LogP contribution is 2.31. The van der Waals surface area contributed by atoms with Crippen LogP contribution in [-0.2, 0) is 4.74 Å². The molecule has 1 fully saturated rings. The molecule has 6 heteroatoms.